The van der Waals surface area contributed by atoms with Crippen molar-refractivity contribution in [1.29, 1.82) is 0 Å². The Morgan fingerprint density at radius 3 is 2.81 bits per heavy atom. The van der Waals surface area contributed by atoms with Gasteiger partial charge in [-0.05, 0) is 31.9 Å². The minimum Gasteiger partial charge on any atom is -0.496 e. The molecule has 0 spiro atoms. The molecule has 4 heteroatoms. The maximum absolute atomic E-state index is 10.4. The standard InChI is InChI=1S/C17H27NO3/c1-12-8-9-17(21-2)13(10-12)16(20)11-18-14-6-4-3-5-7-15(14)19/h8-10,14-16,18-20H,3-7,11H2,1-2H3. The molecule has 1 aliphatic carbocycles. The van der Waals surface area contributed by atoms with Crippen LogP contribution in [0.3, 0.4) is 0 Å². The van der Waals surface area contributed by atoms with Crippen molar-refractivity contribution in [3.8, 4) is 5.75 Å². The number of aliphatic hydroxyl groups excluding tert-OH is 2. The molecule has 4 nitrogen and oxygen atoms in total. The zero-order valence-electron chi connectivity index (χ0n) is 13.0. The lowest BCUT2D eigenvalue weighted by Gasteiger charge is -2.24. The third-order valence-electron chi connectivity index (χ3n) is 4.30. The summed E-state index contributed by atoms with van der Waals surface area (Å²) in [6.07, 6.45) is 4.30. The second kappa shape index (κ2) is 7.78. The summed E-state index contributed by atoms with van der Waals surface area (Å²) in [6.45, 7) is 2.43. The molecular weight excluding hydrogens is 266 g/mol. The molecule has 1 aromatic carbocycles. The van der Waals surface area contributed by atoms with Crippen LogP contribution in [0.25, 0.3) is 0 Å². The first-order valence-corrected chi connectivity index (χ1v) is 7.86. The van der Waals surface area contributed by atoms with Crippen LogP contribution >= 0.6 is 0 Å². The largest absolute Gasteiger partial charge is 0.496 e. The number of benzene rings is 1. The molecule has 1 aliphatic rings. The molecule has 0 amide bonds. The van der Waals surface area contributed by atoms with Crippen LogP contribution in [0.1, 0.15) is 49.3 Å². The molecule has 118 valence electrons. The smallest absolute Gasteiger partial charge is 0.124 e. The van der Waals surface area contributed by atoms with Gasteiger partial charge >= 0.3 is 0 Å². The van der Waals surface area contributed by atoms with Gasteiger partial charge in [-0.1, -0.05) is 30.9 Å². The SMILES string of the molecule is COc1ccc(C)cc1C(O)CNC1CCCCCC1O. The van der Waals surface area contributed by atoms with E-state index in [0.29, 0.717) is 12.3 Å². The summed E-state index contributed by atoms with van der Waals surface area (Å²) in [5.74, 6) is 0.705. The Balaban J connectivity index is 1.97. The van der Waals surface area contributed by atoms with Gasteiger partial charge in [-0.25, -0.2) is 0 Å². The Labute approximate surface area is 127 Å². The van der Waals surface area contributed by atoms with Gasteiger partial charge in [0.25, 0.3) is 0 Å². The van der Waals surface area contributed by atoms with Crippen molar-refractivity contribution in [3.63, 3.8) is 0 Å². The monoisotopic (exact) mass is 293 g/mol. The Morgan fingerprint density at radius 2 is 2.05 bits per heavy atom. The first-order chi connectivity index (χ1) is 10.1. The number of hydrogen-bond donors (Lipinski definition) is 3. The summed E-state index contributed by atoms with van der Waals surface area (Å²) >= 11 is 0. The highest BCUT2D eigenvalue weighted by atomic mass is 16.5. The predicted octanol–water partition coefficient (Wildman–Crippen LogP) is 2.32. The van der Waals surface area contributed by atoms with Crippen LogP contribution < -0.4 is 10.1 Å². The quantitative estimate of drug-likeness (QED) is 0.729. The third kappa shape index (κ3) is 4.43. The van der Waals surface area contributed by atoms with Crippen LogP contribution in [0.5, 0.6) is 5.75 Å². The molecular formula is C17H27NO3. The van der Waals surface area contributed by atoms with E-state index in [1.807, 2.05) is 25.1 Å². The molecule has 0 bridgehead atoms. The molecule has 0 aliphatic heterocycles. The van der Waals surface area contributed by atoms with E-state index < -0.39 is 6.10 Å². The zero-order chi connectivity index (χ0) is 15.2. The zero-order valence-corrected chi connectivity index (χ0v) is 13.0. The Bertz CT molecular complexity index is 450. The highest BCUT2D eigenvalue weighted by Gasteiger charge is 2.22. The van der Waals surface area contributed by atoms with Crippen LogP contribution in [0.2, 0.25) is 0 Å². The van der Waals surface area contributed by atoms with Gasteiger partial charge in [-0.2, -0.15) is 0 Å². The van der Waals surface area contributed by atoms with Crippen LogP contribution in [0.15, 0.2) is 18.2 Å². The number of methoxy groups -OCH3 is 1. The number of ether oxygens (including phenoxy) is 1. The number of aryl methyl sites for hydroxylation is 1. The summed E-state index contributed by atoms with van der Waals surface area (Å²) < 4.78 is 5.32. The third-order valence-corrected chi connectivity index (χ3v) is 4.30. The fourth-order valence-corrected chi connectivity index (χ4v) is 3.01. The molecule has 1 saturated carbocycles. The average molecular weight is 293 g/mol. The lowest BCUT2D eigenvalue weighted by atomic mass is 10.0. The fraction of sp³-hybridized carbons (Fsp3) is 0.647. The van der Waals surface area contributed by atoms with Crippen LogP contribution in [-0.4, -0.2) is 36.0 Å². The summed E-state index contributed by atoms with van der Waals surface area (Å²) in [5, 5.41) is 23.9. The number of rotatable bonds is 5. The van der Waals surface area contributed by atoms with Gasteiger partial charge in [0, 0.05) is 18.2 Å². The second-order valence-corrected chi connectivity index (χ2v) is 5.98. The van der Waals surface area contributed by atoms with E-state index >= 15 is 0 Å². The number of hydrogen-bond acceptors (Lipinski definition) is 4. The van der Waals surface area contributed by atoms with Crippen molar-refractivity contribution in [2.75, 3.05) is 13.7 Å². The van der Waals surface area contributed by atoms with E-state index in [0.717, 1.165) is 36.8 Å². The van der Waals surface area contributed by atoms with E-state index in [9.17, 15) is 10.2 Å². The van der Waals surface area contributed by atoms with Gasteiger partial charge in [0.05, 0.1) is 19.3 Å². The maximum Gasteiger partial charge on any atom is 0.124 e. The number of nitrogens with one attached hydrogen (secondary N) is 1. The molecule has 1 fully saturated rings. The molecule has 2 rings (SSSR count). The van der Waals surface area contributed by atoms with Gasteiger partial charge in [0.2, 0.25) is 0 Å². The van der Waals surface area contributed by atoms with Crippen molar-refractivity contribution in [1.82, 2.24) is 5.32 Å². The first kappa shape index (κ1) is 16.3. The van der Waals surface area contributed by atoms with E-state index in [1.165, 1.54) is 6.42 Å². The molecule has 21 heavy (non-hydrogen) atoms. The van der Waals surface area contributed by atoms with Crippen molar-refractivity contribution < 1.29 is 14.9 Å². The van der Waals surface area contributed by atoms with Gasteiger partial charge in [-0.15, -0.1) is 0 Å². The number of aliphatic hydroxyl groups is 2. The van der Waals surface area contributed by atoms with Gasteiger partial charge in [0.1, 0.15) is 5.75 Å². The van der Waals surface area contributed by atoms with Crippen molar-refractivity contribution >= 4 is 0 Å². The van der Waals surface area contributed by atoms with E-state index in [1.54, 1.807) is 7.11 Å². The molecule has 0 radical (unpaired) electrons. The van der Waals surface area contributed by atoms with Crippen molar-refractivity contribution in [2.45, 2.75) is 57.3 Å². The topological polar surface area (TPSA) is 61.7 Å². The second-order valence-electron chi connectivity index (χ2n) is 5.98. The van der Waals surface area contributed by atoms with Crippen LogP contribution in [-0.2, 0) is 0 Å². The highest BCUT2D eigenvalue weighted by molar-refractivity contribution is 5.38. The Morgan fingerprint density at radius 1 is 1.29 bits per heavy atom. The van der Waals surface area contributed by atoms with Crippen molar-refractivity contribution in [2.24, 2.45) is 0 Å². The molecule has 3 unspecified atom stereocenters. The van der Waals surface area contributed by atoms with Gasteiger partial charge < -0.3 is 20.3 Å². The summed E-state index contributed by atoms with van der Waals surface area (Å²) in [6, 6.07) is 5.89. The molecule has 0 aromatic heterocycles. The molecule has 3 N–H and O–H groups in total. The van der Waals surface area contributed by atoms with E-state index in [4.69, 9.17) is 4.74 Å². The molecule has 0 heterocycles. The molecule has 1 aromatic rings. The van der Waals surface area contributed by atoms with Gasteiger partial charge in [-0.3, -0.25) is 0 Å². The maximum atomic E-state index is 10.4. The molecule has 0 saturated heterocycles. The van der Waals surface area contributed by atoms with Crippen LogP contribution in [0, 0.1) is 6.92 Å². The summed E-state index contributed by atoms with van der Waals surface area (Å²) in [5.41, 5.74) is 1.90. The minimum absolute atomic E-state index is 0.0814. The van der Waals surface area contributed by atoms with E-state index in [2.05, 4.69) is 5.32 Å². The lowest BCUT2D eigenvalue weighted by Crippen LogP contribution is -2.41. The van der Waals surface area contributed by atoms with Crippen LogP contribution in [0.4, 0.5) is 0 Å². The lowest BCUT2D eigenvalue weighted by molar-refractivity contribution is 0.103. The minimum atomic E-state index is -0.629. The Hall–Kier alpha value is -1.10. The average Bonchev–Trinajstić information content (AvgIpc) is 2.69. The first-order valence-electron chi connectivity index (χ1n) is 7.86. The molecule has 3 atom stereocenters. The summed E-state index contributed by atoms with van der Waals surface area (Å²) in [7, 11) is 1.61. The fourth-order valence-electron chi connectivity index (χ4n) is 3.01. The van der Waals surface area contributed by atoms with E-state index in [-0.39, 0.29) is 12.1 Å². The Kier molecular flexibility index (Phi) is 6.03. The van der Waals surface area contributed by atoms with Gasteiger partial charge in [0.15, 0.2) is 0 Å². The highest BCUT2D eigenvalue weighted by Crippen LogP contribution is 2.26. The van der Waals surface area contributed by atoms with Crippen molar-refractivity contribution in [3.05, 3.63) is 29.3 Å². The normalized spacial score (nSPS) is 24.4. The predicted molar refractivity (Wildman–Crippen MR) is 83.6 cm³/mol. The summed E-state index contributed by atoms with van der Waals surface area (Å²) in [4.78, 5) is 0.